The van der Waals surface area contributed by atoms with Gasteiger partial charge < -0.3 is 5.32 Å². The molecule has 3 rings (SSSR count). The number of nitrogens with zero attached hydrogens (tertiary/aromatic N) is 3. The van der Waals surface area contributed by atoms with Gasteiger partial charge in [-0.3, -0.25) is 19.7 Å². The maximum atomic E-state index is 12.4. The monoisotopic (exact) mass is 338 g/mol. The van der Waals surface area contributed by atoms with Crippen LogP contribution in [0.25, 0.3) is 0 Å². The van der Waals surface area contributed by atoms with Crippen LogP contribution < -0.4 is 10.3 Å². The molecule has 0 saturated heterocycles. The molecule has 0 spiro atoms. The SMILES string of the molecule is O=C(Nc1cccc([N+](=O)[O-])c1)C1=NN(c2ccccc2)C(=O)CC1. The van der Waals surface area contributed by atoms with Gasteiger partial charge in [0.2, 0.25) is 5.91 Å². The molecular weight excluding hydrogens is 324 g/mol. The maximum Gasteiger partial charge on any atom is 0.271 e. The lowest BCUT2D eigenvalue weighted by Gasteiger charge is -2.23. The Morgan fingerprint density at radius 1 is 1.12 bits per heavy atom. The van der Waals surface area contributed by atoms with Crippen molar-refractivity contribution >= 4 is 34.6 Å². The number of amides is 2. The molecule has 1 aliphatic heterocycles. The number of benzene rings is 2. The second-order valence-corrected chi connectivity index (χ2v) is 5.35. The Morgan fingerprint density at radius 3 is 2.60 bits per heavy atom. The van der Waals surface area contributed by atoms with Crippen molar-refractivity contribution in [2.75, 3.05) is 10.3 Å². The van der Waals surface area contributed by atoms with Gasteiger partial charge in [0, 0.05) is 30.7 Å². The minimum atomic E-state index is -0.538. The smallest absolute Gasteiger partial charge is 0.271 e. The molecule has 1 heterocycles. The fourth-order valence-electron chi connectivity index (χ4n) is 2.39. The van der Waals surface area contributed by atoms with Gasteiger partial charge in [0.05, 0.1) is 10.6 Å². The molecule has 2 aromatic carbocycles. The Hall–Kier alpha value is -3.55. The van der Waals surface area contributed by atoms with Crippen LogP contribution in [0.4, 0.5) is 17.1 Å². The van der Waals surface area contributed by atoms with E-state index < -0.39 is 10.8 Å². The maximum absolute atomic E-state index is 12.4. The summed E-state index contributed by atoms with van der Waals surface area (Å²) in [4.78, 5) is 34.7. The Bertz CT molecular complexity index is 864. The van der Waals surface area contributed by atoms with Crippen LogP contribution in [0, 0.1) is 10.1 Å². The first-order valence-corrected chi connectivity index (χ1v) is 7.56. The number of nitrogens with one attached hydrogen (secondary N) is 1. The average Bonchev–Trinajstić information content (AvgIpc) is 2.63. The van der Waals surface area contributed by atoms with E-state index in [9.17, 15) is 19.7 Å². The summed E-state index contributed by atoms with van der Waals surface area (Å²) in [5.41, 5.74) is 0.942. The molecule has 0 unspecified atom stereocenters. The molecule has 0 bridgehead atoms. The van der Waals surface area contributed by atoms with E-state index in [0.717, 1.165) is 0 Å². The third-order valence-corrected chi connectivity index (χ3v) is 3.61. The van der Waals surface area contributed by atoms with Gasteiger partial charge in [0.15, 0.2) is 0 Å². The Balaban J connectivity index is 1.81. The average molecular weight is 338 g/mol. The number of rotatable bonds is 4. The predicted molar refractivity (Wildman–Crippen MR) is 92.3 cm³/mol. The zero-order valence-electron chi connectivity index (χ0n) is 13.1. The van der Waals surface area contributed by atoms with E-state index in [0.29, 0.717) is 11.4 Å². The van der Waals surface area contributed by atoms with E-state index in [1.54, 1.807) is 30.3 Å². The normalized spacial score (nSPS) is 14.0. The van der Waals surface area contributed by atoms with Crippen molar-refractivity contribution in [1.29, 1.82) is 0 Å². The molecule has 0 fully saturated rings. The number of para-hydroxylation sites is 1. The second-order valence-electron chi connectivity index (χ2n) is 5.35. The molecule has 0 aromatic heterocycles. The molecule has 25 heavy (non-hydrogen) atoms. The fraction of sp³-hybridized carbons (Fsp3) is 0.118. The van der Waals surface area contributed by atoms with Crippen LogP contribution in [-0.4, -0.2) is 22.4 Å². The molecule has 8 nitrogen and oxygen atoms in total. The highest BCUT2D eigenvalue weighted by molar-refractivity contribution is 6.44. The second kappa shape index (κ2) is 6.91. The highest BCUT2D eigenvalue weighted by Gasteiger charge is 2.25. The Kier molecular flexibility index (Phi) is 4.51. The summed E-state index contributed by atoms with van der Waals surface area (Å²) in [6.07, 6.45) is 0.374. The number of carbonyl (C=O) groups is 2. The first kappa shape index (κ1) is 16.3. The number of anilines is 2. The topological polar surface area (TPSA) is 105 Å². The molecule has 1 aliphatic rings. The number of carbonyl (C=O) groups excluding carboxylic acids is 2. The number of non-ortho nitro benzene ring substituents is 1. The van der Waals surface area contributed by atoms with Crippen molar-refractivity contribution < 1.29 is 14.5 Å². The molecule has 126 valence electrons. The number of hydrogen-bond acceptors (Lipinski definition) is 5. The molecule has 0 saturated carbocycles. The molecule has 2 amide bonds. The van der Waals surface area contributed by atoms with Crippen molar-refractivity contribution in [1.82, 2.24) is 0 Å². The lowest BCUT2D eigenvalue weighted by molar-refractivity contribution is -0.384. The molecule has 8 heteroatoms. The largest absolute Gasteiger partial charge is 0.321 e. The molecule has 0 radical (unpaired) electrons. The van der Waals surface area contributed by atoms with Gasteiger partial charge in [-0.1, -0.05) is 24.3 Å². The van der Waals surface area contributed by atoms with Crippen LogP contribution in [0.15, 0.2) is 59.7 Å². The van der Waals surface area contributed by atoms with Crippen molar-refractivity contribution in [3.63, 3.8) is 0 Å². The van der Waals surface area contributed by atoms with Crippen molar-refractivity contribution in [3.8, 4) is 0 Å². The van der Waals surface area contributed by atoms with Crippen molar-refractivity contribution in [2.45, 2.75) is 12.8 Å². The zero-order chi connectivity index (χ0) is 17.8. The van der Waals surface area contributed by atoms with Gasteiger partial charge in [0.25, 0.3) is 11.6 Å². The van der Waals surface area contributed by atoms with E-state index in [1.807, 2.05) is 6.07 Å². The molecule has 1 N–H and O–H groups in total. The van der Waals surface area contributed by atoms with E-state index >= 15 is 0 Å². The first-order chi connectivity index (χ1) is 12.0. The highest BCUT2D eigenvalue weighted by Crippen LogP contribution is 2.21. The Labute approximate surface area is 142 Å². The first-order valence-electron chi connectivity index (χ1n) is 7.56. The summed E-state index contributed by atoms with van der Waals surface area (Å²) >= 11 is 0. The molecule has 0 atom stereocenters. The fourth-order valence-corrected chi connectivity index (χ4v) is 2.39. The predicted octanol–water partition coefficient (Wildman–Crippen LogP) is 2.72. The summed E-state index contributed by atoms with van der Waals surface area (Å²) < 4.78 is 0. The number of nitro groups is 1. The Morgan fingerprint density at radius 2 is 1.88 bits per heavy atom. The van der Waals surface area contributed by atoms with E-state index in [4.69, 9.17) is 0 Å². The van der Waals surface area contributed by atoms with Crippen molar-refractivity contribution in [3.05, 3.63) is 64.7 Å². The van der Waals surface area contributed by atoms with Gasteiger partial charge >= 0.3 is 0 Å². The zero-order valence-corrected chi connectivity index (χ0v) is 13.1. The lowest BCUT2D eigenvalue weighted by Crippen LogP contribution is -2.36. The van der Waals surface area contributed by atoms with Gasteiger partial charge in [-0.15, -0.1) is 0 Å². The van der Waals surface area contributed by atoms with E-state index in [1.165, 1.54) is 23.2 Å². The van der Waals surface area contributed by atoms with Crippen LogP contribution in [0.2, 0.25) is 0 Å². The standard InChI is InChI=1S/C17H14N4O4/c22-16-10-9-15(19-20(16)13-6-2-1-3-7-13)17(23)18-12-5-4-8-14(11-12)21(24)25/h1-8,11H,9-10H2,(H,18,23). The van der Waals surface area contributed by atoms with Crippen LogP contribution in [-0.2, 0) is 9.59 Å². The summed E-state index contributed by atoms with van der Waals surface area (Å²) in [5.74, 6) is -0.688. The molecule has 2 aromatic rings. The van der Waals surface area contributed by atoms with Gasteiger partial charge in [-0.2, -0.15) is 5.10 Å². The van der Waals surface area contributed by atoms with E-state index in [2.05, 4.69) is 10.4 Å². The van der Waals surface area contributed by atoms with Crippen molar-refractivity contribution in [2.24, 2.45) is 5.10 Å². The van der Waals surface area contributed by atoms with E-state index in [-0.39, 0.29) is 30.1 Å². The quantitative estimate of drug-likeness (QED) is 0.683. The summed E-state index contributed by atoms with van der Waals surface area (Å²) in [6.45, 7) is 0. The van der Waals surface area contributed by atoms with Gasteiger partial charge in [0.1, 0.15) is 5.71 Å². The molecule has 0 aliphatic carbocycles. The summed E-state index contributed by atoms with van der Waals surface area (Å²) in [7, 11) is 0. The highest BCUT2D eigenvalue weighted by atomic mass is 16.6. The number of hydrazone groups is 1. The lowest BCUT2D eigenvalue weighted by atomic mass is 10.1. The minimum Gasteiger partial charge on any atom is -0.321 e. The third kappa shape index (κ3) is 3.69. The third-order valence-electron chi connectivity index (χ3n) is 3.61. The molecular formula is C17H14N4O4. The van der Waals surface area contributed by atoms with Crippen LogP contribution in [0.1, 0.15) is 12.8 Å². The minimum absolute atomic E-state index is 0.121. The van der Waals surface area contributed by atoms with Gasteiger partial charge in [-0.05, 0) is 18.2 Å². The van der Waals surface area contributed by atoms with Crippen LogP contribution in [0.5, 0.6) is 0 Å². The van der Waals surface area contributed by atoms with Crippen LogP contribution >= 0.6 is 0 Å². The summed E-state index contributed by atoms with van der Waals surface area (Å²) in [6, 6.07) is 14.4. The van der Waals surface area contributed by atoms with Gasteiger partial charge in [-0.25, -0.2) is 5.01 Å². The van der Waals surface area contributed by atoms with Crippen LogP contribution in [0.3, 0.4) is 0 Å². The number of nitro benzene ring substituents is 1. The summed E-state index contributed by atoms with van der Waals surface area (Å²) in [5, 5.41) is 18.7. The number of hydrogen-bond donors (Lipinski definition) is 1.